The number of hydrogen-bond donors (Lipinski definition) is 1. The minimum atomic E-state index is -0.715. The van der Waals surface area contributed by atoms with Gasteiger partial charge in [-0.1, -0.05) is 0 Å². The molecule has 18 heavy (non-hydrogen) atoms. The van der Waals surface area contributed by atoms with Gasteiger partial charge in [-0.25, -0.2) is 9.37 Å². The molecule has 0 unspecified atom stereocenters. The molecule has 1 aromatic heterocycles. The number of hydrogen-bond acceptors (Lipinski definition) is 5. The molecule has 0 spiro atoms. The second-order valence-electron chi connectivity index (χ2n) is 3.98. The number of ether oxygens (including phenoxy) is 2. The number of halogens is 2. The summed E-state index contributed by atoms with van der Waals surface area (Å²) in [6, 6.07) is 2.92. The monoisotopic (exact) mass is 333 g/mol. The Morgan fingerprint density at radius 3 is 3.06 bits per heavy atom. The predicted molar refractivity (Wildman–Crippen MR) is 68.5 cm³/mol. The van der Waals surface area contributed by atoms with Crippen molar-refractivity contribution in [3.63, 3.8) is 0 Å². The van der Waals surface area contributed by atoms with Crippen molar-refractivity contribution in [3.05, 3.63) is 21.9 Å². The number of rotatable bonds is 2. The first-order valence-corrected chi connectivity index (χ1v) is 6.92. The molecule has 3 rings (SSSR count). The van der Waals surface area contributed by atoms with Gasteiger partial charge in [-0.2, -0.15) is 0 Å². The second-order valence-corrected chi connectivity index (χ2v) is 6.28. The number of aromatic nitrogens is 1. The first kappa shape index (κ1) is 12.3. The fourth-order valence-electron chi connectivity index (χ4n) is 1.79. The minimum absolute atomic E-state index is 0.119. The topological polar surface area (TPSA) is 51.6 Å². The summed E-state index contributed by atoms with van der Waals surface area (Å²) in [6.07, 6.45) is -1.23. The number of thiazole rings is 1. The lowest BCUT2D eigenvalue weighted by atomic mass is 10.2. The average molecular weight is 334 g/mol. The molecule has 1 fully saturated rings. The first-order valence-electron chi connectivity index (χ1n) is 5.31. The van der Waals surface area contributed by atoms with Crippen LogP contribution >= 0.6 is 27.3 Å². The molecule has 7 heteroatoms. The highest BCUT2D eigenvalue weighted by Gasteiger charge is 2.29. The van der Waals surface area contributed by atoms with E-state index in [9.17, 15) is 9.50 Å². The van der Waals surface area contributed by atoms with Crippen LogP contribution in [0.1, 0.15) is 0 Å². The Kier molecular flexibility index (Phi) is 3.23. The Morgan fingerprint density at radius 2 is 2.33 bits per heavy atom. The third-order valence-electron chi connectivity index (χ3n) is 2.69. The third kappa shape index (κ3) is 2.23. The highest BCUT2D eigenvalue weighted by Crippen LogP contribution is 2.32. The van der Waals surface area contributed by atoms with Crippen molar-refractivity contribution in [2.24, 2.45) is 0 Å². The Morgan fingerprint density at radius 1 is 1.50 bits per heavy atom. The fourth-order valence-corrected chi connectivity index (χ4v) is 3.21. The normalized spacial score (nSPS) is 23.7. The molecule has 1 saturated heterocycles. The van der Waals surface area contributed by atoms with Gasteiger partial charge < -0.3 is 14.6 Å². The highest BCUT2D eigenvalue weighted by molar-refractivity contribution is 9.11. The molecule has 4 nitrogen and oxygen atoms in total. The summed E-state index contributed by atoms with van der Waals surface area (Å²) in [5.41, 5.74) is 0.583. The zero-order valence-corrected chi connectivity index (χ0v) is 11.5. The van der Waals surface area contributed by atoms with E-state index in [0.29, 0.717) is 9.43 Å². The Labute approximate surface area is 114 Å². The number of benzene rings is 1. The molecular formula is C11H9BrFNO3S. The lowest BCUT2D eigenvalue weighted by Gasteiger charge is -2.15. The summed E-state index contributed by atoms with van der Waals surface area (Å²) in [4.78, 5) is 4.13. The van der Waals surface area contributed by atoms with Crippen LogP contribution in [0.5, 0.6) is 5.75 Å². The van der Waals surface area contributed by atoms with Crippen LogP contribution in [0.2, 0.25) is 0 Å². The van der Waals surface area contributed by atoms with Gasteiger partial charge in [0.05, 0.1) is 23.4 Å². The summed E-state index contributed by atoms with van der Waals surface area (Å²) in [5.74, 6) is -0.368. The maximum Gasteiger partial charge on any atom is 0.167 e. The van der Waals surface area contributed by atoms with Crippen molar-refractivity contribution >= 4 is 37.5 Å². The van der Waals surface area contributed by atoms with E-state index in [0.717, 1.165) is 4.70 Å². The van der Waals surface area contributed by atoms with Crippen molar-refractivity contribution in [2.45, 2.75) is 12.2 Å². The largest absolute Gasteiger partial charge is 0.482 e. The number of aliphatic hydroxyl groups excluding tert-OH is 1. The van der Waals surface area contributed by atoms with Crippen LogP contribution in [0, 0.1) is 5.82 Å². The molecule has 96 valence electrons. The molecule has 2 atom stereocenters. The maximum absolute atomic E-state index is 13.8. The van der Waals surface area contributed by atoms with Crippen molar-refractivity contribution in [1.29, 1.82) is 0 Å². The van der Waals surface area contributed by atoms with Gasteiger partial charge in [0, 0.05) is 12.1 Å². The maximum atomic E-state index is 13.8. The van der Waals surface area contributed by atoms with E-state index in [1.165, 1.54) is 17.4 Å². The summed E-state index contributed by atoms with van der Waals surface area (Å²) in [5, 5.41) is 9.57. The van der Waals surface area contributed by atoms with Gasteiger partial charge in [0.15, 0.2) is 21.6 Å². The van der Waals surface area contributed by atoms with Gasteiger partial charge in [0.25, 0.3) is 0 Å². The smallest absolute Gasteiger partial charge is 0.167 e. The van der Waals surface area contributed by atoms with Crippen LogP contribution in [0.25, 0.3) is 10.2 Å². The molecule has 1 N–H and O–H groups in total. The van der Waals surface area contributed by atoms with E-state index in [1.54, 1.807) is 6.07 Å². The molecule has 1 aromatic carbocycles. The van der Waals surface area contributed by atoms with E-state index in [-0.39, 0.29) is 19.0 Å². The zero-order valence-electron chi connectivity index (χ0n) is 9.10. The summed E-state index contributed by atoms with van der Waals surface area (Å²) in [6.45, 7) is 0.492. The van der Waals surface area contributed by atoms with E-state index >= 15 is 0 Å². The molecule has 0 bridgehead atoms. The SMILES string of the molecule is O[C@H]1COC[C@@H]1Oc1cc2sc(Br)nc2cc1F. The van der Waals surface area contributed by atoms with Crippen LogP contribution < -0.4 is 4.74 Å². The highest BCUT2D eigenvalue weighted by atomic mass is 79.9. The van der Waals surface area contributed by atoms with Gasteiger partial charge in [-0.3, -0.25) is 0 Å². The van der Waals surface area contributed by atoms with Crippen molar-refractivity contribution in [2.75, 3.05) is 13.2 Å². The second kappa shape index (κ2) is 4.73. The molecule has 2 aromatic rings. The molecule has 0 radical (unpaired) electrons. The number of aliphatic hydroxyl groups is 1. The van der Waals surface area contributed by atoms with E-state index < -0.39 is 18.0 Å². The van der Waals surface area contributed by atoms with E-state index in [1.807, 2.05) is 0 Å². The quantitative estimate of drug-likeness (QED) is 0.916. The summed E-state index contributed by atoms with van der Waals surface area (Å²) >= 11 is 4.65. The Balaban J connectivity index is 1.93. The van der Waals surface area contributed by atoms with Gasteiger partial charge in [0.2, 0.25) is 0 Å². The lowest BCUT2D eigenvalue weighted by molar-refractivity contribution is 0.0709. The Hall–Kier alpha value is -0.760. The zero-order chi connectivity index (χ0) is 12.7. The number of nitrogens with zero attached hydrogens (tertiary/aromatic N) is 1. The lowest BCUT2D eigenvalue weighted by Crippen LogP contribution is -2.30. The van der Waals surface area contributed by atoms with Crippen LogP contribution in [0.3, 0.4) is 0 Å². The average Bonchev–Trinajstić information content (AvgIpc) is 2.85. The van der Waals surface area contributed by atoms with Gasteiger partial charge in [-0.05, 0) is 15.9 Å². The van der Waals surface area contributed by atoms with Crippen LogP contribution in [-0.4, -0.2) is 35.5 Å². The third-order valence-corrected chi connectivity index (χ3v) is 4.16. The first-order chi connectivity index (χ1) is 8.63. The molecule has 1 aliphatic heterocycles. The molecular weight excluding hydrogens is 325 g/mol. The molecule has 0 aliphatic carbocycles. The van der Waals surface area contributed by atoms with Gasteiger partial charge in [-0.15, -0.1) is 11.3 Å². The van der Waals surface area contributed by atoms with Gasteiger partial charge in [0.1, 0.15) is 6.10 Å². The van der Waals surface area contributed by atoms with Gasteiger partial charge >= 0.3 is 0 Å². The number of fused-ring (bicyclic) bond motifs is 1. The fraction of sp³-hybridized carbons (Fsp3) is 0.364. The molecule has 1 aliphatic rings. The standard InChI is InChI=1S/C11H9BrFNO3S/c12-11-14-6-1-5(13)8(2-10(6)18-11)17-9-4-16-3-7(9)15/h1-2,7,9,15H,3-4H2/t7-,9-/m0/s1. The van der Waals surface area contributed by atoms with Crippen LogP contribution in [0.15, 0.2) is 16.0 Å². The summed E-state index contributed by atoms with van der Waals surface area (Å²) in [7, 11) is 0. The van der Waals surface area contributed by atoms with Crippen molar-refractivity contribution in [1.82, 2.24) is 4.98 Å². The van der Waals surface area contributed by atoms with E-state index in [2.05, 4.69) is 20.9 Å². The molecule has 0 amide bonds. The van der Waals surface area contributed by atoms with Crippen LogP contribution in [-0.2, 0) is 4.74 Å². The van der Waals surface area contributed by atoms with Crippen molar-refractivity contribution in [3.8, 4) is 5.75 Å². The summed E-state index contributed by atoms with van der Waals surface area (Å²) < 4.78 is 25.8. The minimum Gasteiger partial charge on any atom is -0.482 e. The molecule has 2 heterocycles. The van der Waals surface area contributed by atoms with Crippen molar-refractivity contribution < 1.29 is 19.0 Å². The van der Waals surface area contributed by atoms with Crippen LogP contribution in [0.4, 0.5) is 4.39 Å². The van der Waals surface area contributed by atoms with E-state index in [4.69, 9.17) is 9.47 Å². The predicted octanol–water partition coefficient (Wildman–Crippen LogP) is 2.34. The Bertz CT molecular complexity index is 591. The molecule has 0 saturated carbocycles.